The van der Waals surface area contributed by atoms with Gasteiger partial charge in [0.2, 0.25) is 0 Å². The second-order valence-electron chi connectivity index (χ2n) is 6.23. The molecule has 1 aromatic carbocycles. The highest BCUT2D eigenvalue weighted by atomic mass is 16.5. The largest absolute Gasteiger partial charge is 0.393 e. The molecule has 2 aromatic rings. The Morgan fingerprint density at radius 3 is 2.57 bits per heavy atom. The van der Waals surface area contributed by atoms with Gasteiger partial charge in [0.05, 0.1) is 11.8 Å². The molecule has 2 unspecified atom stereocenters. The van der Waals surface area contributed by atoms with Gasteiger partial charge >= 0.3 is 0 Å². The van der Waals surface area contributed by atoms with Crippen LogP contribution in [0.1, 0.15) is 31.4 Å². The number of aliphatic hydroxyl groups excluding tert-OH is 1. The zero-order valence-electron chi connectivity index (χ0n) is 12.0. The summed E-state index contributed by atoms with van der Waals surface area (Å²) in [6.45, 7) is 0.832. The number of hydrogen-bond acceptors (Lipinski definition) is 4. The lowest BCUT2D eigenvalue weighted by atomic mass is 10.00. The summed E-state index contributed by atoms with van der Waals surface area (Å²) in [6.07, 6.45) is 4.09. The molecule has 21 heavy (non-hydrogen) atoms. The Morgan fingerprint density at radius 2 is 1.86 bits per heavy atom. The van der Waals surface area contributed by atoms with Gasteiger partial charge in [-0.3, -0.25) is 4.90 Å². The Bertz CT molecular complexity index is 596. The van der Waals surface area contributed by atoms with Crippen LogP contribution in [0.3, 0.4) is 0 Å². The van der Waals surface area contributed by atoms with Crippen molar-refractivity contribution >= 4 is 0 Å². The standard InChI is InChI=1S/C17H20N2O2/c20-16-9-14-6-7-15(10-16)19(14)11-13-8-17(21-18-13)12-4-2-1-3-5-12/h1-5,8,14-16,20H,6-7,9-11H2. The minimum atomic E-state index is -0.115. The summed E-state index contributed by atoms with van der Waals surface area (Å²) in [5.74, 6) is 0.829. The first kappa shape index (κ1) is 13.0. The minimum absolute atomic E-state index is 0.115. The SMILES string of the molecule is OC1CC2CCC(C1)N2Cc1cc(-c2ccccc2)on1. The Hall–Kier alpha value is -1.65. The van der Waals surface area contributed by atoms with Gasteiger partial charge in [-0.05, 0) is 25.7 Å². The molecule has 2 aliphatic heterocycles. The minimum Gasteiger partial charge on any atom is -0.393 e. The molecule has 2 fully saturated rings. The van der Waals surface area contributed by atoms with Crippen LogP contribution in [0.2, 0.25) is 0 Å². The smallest absolute Gasteiger partial charge is 0.167 e. The molecule has 2 atom stereocenters. The van der Waals surface area contributed by atoms with E-state index in [2.05, 4.69) is 10.1 Å². The summed E-state index contributed by atoms with van der Waals surface area (Å²) in [7, 11) is 0. The van der Waals surface area contributed by atoms with E-state index in [0.717, 1.165) is 36.4 Å². The van der Waals surface area contributed by atoms with Crippen LogP contribution in [0.25, 0.3) is 11.3 Å². The molecular formula is C17H20N2O2. The number of nitrogens with zero attached hydrogens (tertiary/aromatic N) is 2. The Labute approximate surface area is 124 Å². The third-order valence-corrected chi connectivity index (χ3v) is 4.82. The van der Waals surface area contributed by atoms with Gasteiger partial charge in [-0.1, -0.05) is 35.5 Å². The third-order valence-electron chi connectivity index (χ3n) is 4.82. The first-order valence-electron chi connectivity index (χ1n) is 7.74. The second kappa shape index (κ2) is 5.28. The van der Waals surface area contributed by atoms with Crippen LogP contribution in [0.4, 0.5) is 0 Å². The maximum atomic E-state index is 9.87. The first-order chi connectivity index (χ1) is 10.3. The summed E-state index contributed by atoms with van der Waals surface area (Å²) in [5.41, 5.74) is 2.05. The van der Waals surface area contributed by atoms with Gasteiger partial charge in [0, 0.05) is 30.3 Å². The highest BCUT2D eigenvalue weighted by Crippen LogP contribution is 2.36. The van der Waals surface area contributed by atoms with Crippen LogP contribution in [0.5, 0.6) is 0 Å². The molecule has 3 heterocycles. The van der Waals surface area contributed by atoms with E-state index in [1.54, 1.807) is 0 Å². The van der Waals surface area contributed by atoms with Gasteiger partial charge in [-0.25, -0.2) is 0 Å². The summed E-state index contributed by atoms with van der Waals surface area (Å²) < 4.78 is 5.48. The molecule has 4 nitrogen and oxygen atoms in total. The van der Waals surface area contributed by atoms with Crippen LogP contribution in [-0.4, -0.2) is 33.4 Å². The van der Waals surface area contributed by atoms with E-state index in [1.807, 2.05) is 36.4 Å². The van der Waals surface area contributed by atoms with Crippen LogP contribution < -0.4 is 0 Å². The van der Waals surface area contributed by atoms with Gasteiger partial charge in [0.15, 0.2) is 5.76 Å². The monoisotopic (exact) mass is 284 g/mol. The van der Waals surface area contributed by atoms with E-state index in [-0.39, 0.29) is 6.10 Å². The number of benzene rings is 1. The Morgan fingerprint density at radius 1 is 1.14 bits per heavy atom. The van der Waals surface area contributed by atoms with Crippen molar-refractivity contribution in [3.05, 3.63) is 42.1 Å². The average molecular weight is 284 g/mol. The van der Waals surface area contributed by atoms with Crippen LogP contribution in [0.15, 0.2) is 40.9 Å². The van der Waals surface area contributed by atoms with E-state index in [1.165, 1.54) is 12.8 Å². The van der Waals surface area contributed by atoms with Crippen molar-refractivity contribution in [2.75, 3.05) is 0 Å². The molecule has 2 saturated heterocycles. The lowest BCUT2D eigenvalue weighted by Crippen LogP contribution is -2.44. The Kier molecular flexibility index (Phi) is 3.28. The molecule has 1 N–H and O–H groups in total. The molecule has 2 bridgehead atoms. The lowest BCUT2D eigenvalue weighted by Gasteiger charge is -2.36. The fourth-order valence-corrected chi connectivity index (χ4v) is 3.82. The van der Waals surface area contributed by atoms with E-state index in [9.17, 15) is 5.11 Å². The van der Waals surface area contributed by atoms with Gasteiger partial charge < -0.3 is 9.63 Å². The highest BCUT2D eigenvalue weighted by molar-refractivity contribution is 5.56. The van der Waals surface area contributed by atoms with Crippen molar-refractivity contribution < 1.29 is 9.63 Å². The van der Waals surface area contributed by atoms with Gasteiger partial charge in [0.25, 0.3) is 0 Å². The molecule has 0 amide bonds. The fourth-order valence-electron chi connectivity index (χ4n) is 3.82. The molecule has 0 saturated carbocycles. The van der Waals surface area contributed by atoms with Crippen molar-refractivity contribution in [3.8, 4) is 11.3 Å². The summed E-state index contributed by atoms with van der Waals surface area (Å²) in [5, 5.41) is 14.1. The maximum Gasteiger partial charge on any atom is 0.167 e. The molecule has 0 radical (unpaired) electrons. The van der Waals surface area contributed by atoms with Crippen molar-refractivity contribution in [1.29, 1.82) is 0 Å². The van der Waals surface area contributed by atoms with Gasteiger partial charge in [0.1, 0.15) is 0 Å². The van der Waals surface area contributed by atoms with Crippen molar-refractivity contribution in [2.24, 2.45) is 0 Å². The van der Waals surface area contributed by atoms with Crippen molar-refractivity contribution in [2.45, 2.75) is 50.4 Å². The second-order valence-corrected chi connectivity index (χ2v) is 6.23. The first-order valence-corrected chi connectivity index (χ1v) is 7.74. The number of aromatic nitrogens is 1. The summed E-state index contributed by atoms with van der Waals surface area (Å²) in [6, 6.07) is 13.1. The number of fused-ring (bicyclic) bond motifs is 2. The van der Waals surface area contributed by atoms with E-state index in [4.69, 9.17) is 4.52 Å². The molecular weight excluding hydrogens is 264 g/mol. The average Bonchev–Trinajstić information content (AvgIpc) is 3.05. The lowest BCUT2D eigenvalue weighted by molar-refractivity contribution is 0.0299. The fraction of sp³-hybridized carbons (Fsp3) is 0.471. The third kappa shape index (κ3) is 2.49. The topological polar surface area (TPSA) is 49.5 Å². The van der Waals surface area contributed by atoms with Crippen LogP contribution >= 0.6 is 0 Å². The molecule has 0 spiro atoms. The predicted octanol–water partition coefficient (Wildman–Crippen LogP) is 2.83. The number of piperidine rings is 1. The number of aliphatic hydroxyl groups is 1. The molecule has 2 aliphatic rings. The quantitative estimate of drug-likeness (QED) is 0.941. The normalized spacial score (nSPS) is 28.9. The van der Waals surface area contributed by atoms with E-state index in [0.29, 0.717) is 12.1 Å². The van der Waals surface area contributed by atoms with Crippen molar-refractivity contribution in [1.82, 2.24) is 10.1 Å². The molecule has 0 aliphatic carbocycles. The number of rotatable bonds is 3. The number of hydrogen-bond donors (Lipinski definition) is 1. The van der Waals surface area contributed by atoms with E-state index >= 15 is 0 Å². The highest BCUT2D eigenvalue weighted by Gasteiger charge is 2.40. The van der Waals surface area contributed by atoms with Crippen molar-refractivity contribution in [3.63, 3.8) is 0 Å². The molecule has 4 rings (SSSR count). The summed E-state index contributed by atoms with van der Waals surface area (Å²) >= 11 is 0. The molecule has 4 heteroatoms. The molecule has 1 aromatic heterocycles. The maximum absolute atomic E-state index is 9.87. The van der Waals surface area contributed by atoms with Gasteiger partial charge in [-0.2, -0.15) is 0 Å². The summed E-state index contributed by atoms with van der Waals surface area (Å²) in [4.78, 5) is 2.50. The van der Waals surface area contributed by atoms with Crippen LogP contribution in [-0.2, 0) is 6.54 Å². The van der Waals surface area contributed by atoms with E-state index < -0.39 is 0 Å². The van der Waals surface area contributed by atoms with Gasteiger partial charge in [-0.15, -0.1) is 0 Å². The Balaban J connectivity index is 1.50. The van der Waals surface area contributed by atoms with Crippen LogP contribution in [0, 0.1) is 0 Å². The molecule has 110 valence electrons. The zero-order chi connectivity index (χ0) is 14.2. The predicted molar refractivity (Wildman–Crippen MR) is 79.5 cm³/mol. The zero-order valence-corrected chi connectivity index (χ0v) is 12.0.